The zero-order valence-corrected chi connectivity index (χ0v) is 17.0. The number of aliphatic hydroxyl groups is 1. The van der Waals surface area contributed by atoms with Crippen LogP contribution in [0.5, 0.6) is 0 Å². The molecule has 0 radical (unpaired) electrons. The Morgan fingerprint density at radius 2 is 2.08 bits per heavy atom. The molecule has 26 heavy (non-hydrogen) atoms. The van der Waals surface area contributed by atoms with Crippen LogP contribution < -0.4 is 0 Å². The van der Waals surface area contributed by atoms with Crippen LogP contribution in [-0.4, -0.2) is 41.6 Å². The van der Waals surface area contributed by atoms with Crippen molar-refractivity contribution in [2.45, 2.75) is 90.5 Å². The van der Waals surface area contributed by atoms with Gasteiger partial charge in [-0.05, 0) is 57.8 Å². The molecule has 3 saturated carbocycles. The van der Waals surface area contributed by atoms with E-state index in [1.54, 1.807) is 6.08 Å². The lowest BCUT2D eigenvalue weighted by Gasteiger charge is -2.63. The summed E-state index contributed by atoms with van der Waals surface area (Å²) in [7, 11) is -0.273. The van der Waals surface area contributed by atoms with E-state index in [0.717, 1.165) is 12.3 Å². The highest BCUT2D eigenvalue weighted by atomic mass is 16.7. The molecule has 0 aromatic carbocycles. The van der Waals surface area contributed by atoms with Crippen molar-refractivity contribution >= 4 is 13.1 Å². The number of carbonyl (C=O) groups excluding carboxylic acids is 1. The van der Waals surface area contributed by atoms with Crippen LogP contribution in [0.15, 0.2) is 12.2 Å². The first-order valence-electron chi connectivity index (χ1n) is 9.80. The van der Waals surface area contributed by atoms with Crippen molar-refractivity contribution in [2.24, 2.45) is 17.3 Å². The van der Waals surface area contributed by atoms with Gasteiger partial charge in [0, 0.05) is 6.32 Å². The number of aliphatic hydroxyl groups excluding tert-OH is 1. The molecular weight excluding hydrogens is 331 g/mol. The summed E-state index contributed by atoms with van der Waals surface area (Å²) in [5, 5.41) is 10.00. The standard InChI is InChI=1S/C20H33BO5/c1-18(2,3)24-16(23)11-14(22)8-7-9-21-25-17-15-10-13(19(15,4)5)12-20(17,6)26-21/h7-8,13-15,17,22H,9-12H2,1-6H3/b8-7-/t13-,14?,15+,17-,20+/m1/s1. The van der Waals surface area contributed by atoms with E-state index in [9.17, 15) is 9.90 Å². The van der Waals surface area contributed by atoms with Gasteiger partial charge in [0.05, 0.1) is 24.2 Å². The third kappa shape index (κ3) is 3.88. The molecule has 0 aromatic rings. The van der Waals surface area contributed by atoms with Crippen molar-refractivity contribution in [2.75, 3.05) is 0 Å². The third-order valence-corrected chi connectivity index (χ3v) is 6.35. The van der Waals surface area contributed by atoms with E-state index >= 15 is 0 Å². The fraction of sp³-hybridized carbons (Fsp3) is 0.850. The molecule has 1 unspecified atom stereocenters. The monoisotopic (exact) mass is 364 g/mol. The largest absolute Gasteiger partial charge is 0.461 e. The maximum absolute atomic E-state index is 11.7. The maximum Gasteiger partial charge on any atom is 0.461 e. The fourth-order valence-corrected chi connectivity index (χ4v) is 4.87. The number of hydrogen-bond donors (Lipinski definition) is 1. The number of hydrogen-bond acceptors (Lipinski definition) is 5. The van der Waals surface area contributed by atoms with Crippen LogP contribution in [0.3, 0.4) is 0 Å². The minimum Gasteiger partial charge on any atom is -0.460 e. The number of ether oxygens (including phenoxy) is 1. The predicted molar refractivity (Wildman–Crippen MR) is 101 cm³/mol. The van der Waals surface area contributed by atoms with Crippen molar-refractivity contribution in [3.05, 3.63) is 12.2 Å². The molecule has 146 valence electrons. The molecule has 0 amide bonds. The van der Waals surface area contributed by atoms with Crippen molar-refractivity contribution in [3.63, 3.8) is 0 Å². The molecule has 1 N–H and O–H groups in total. The fourth-order valence-electron chi connectivity index (χ4n) is 4.87. The Bertz CT molecular complexity index is 581. The molecule has 0 aromatic heterocycles. The highest BCUT2D eigenvalue weighted by Gasteiger charge is 2.66. The van der Waals surface area contributed by atoms with Crippen LogP contribution in [0.1, 0.15) is 60.8 Å². The Morgan fingerprint density at radius 1 is 1.38 bits per heavy atom. The van der Waals surface area contributed by atoms with Crippen LogP contribution >= 0.6 is 0 Å². The van der Waals surface area contributed by atoms with E-state index in [1.807, 2.05) is 26.8 Å². The molecular formula is C20H33BO5. The molecule has 5 nitrogen and oxygen atoms in total. The highest BCUT2D eigenvalue weighted by Crippen LogP contribution is 2.64. The lowest BCUT2D eigenvalue weighted by Crippen LogP contribution is -2.63. The molecule has 1 heterocycles. The van der Waals surface area contributed by atoms with Crippen LogP contribution in [0.2, 0.25) is 6.32 Å². The second-order valence-electron chi connectivity index (χ2n) is 10.0. The van der Waals surface area contributed by atoms with E-state index in [4.69, 9.17) is 14.0 Å². The van der Waals surface area contributed by atoms with E-state index < -0.39 is 17.7 Å². The van der Waals surface area contributed by atoms with Gasteiger partial charge in [-0.2, -0.15) is 0 Å². The molecule has 4 aliphatic rings. The van der Waals surface area contributed by atoms with E-state index in [1.165, 1.54) is 6.42 Å². The topological polar surface area (TPSA) is 65.0 Å². The summed E-state index contributed by atoms with van der Waals surface area (Å²) in [5.74, 6) is 0.892. The number of esters is 1. The lowest BCUT2D eigenvalue weighted by molar-refractivity contribution is -0.185. The molecule has 2 bridgehead atoms. The Hall–Kier alpha value is -0.845. The van der Waals surface area contributed by atoms with Gasteiger partial charge in [0.25, 0.3) is 0 Å². The van der Waals surface area contributed by atoms with Gasteiger partial charge >= 0.3 is 13.1 Å². The number of allylic oxidation sites excluding steroid dienone is 1. The van der Waals surface area contributed by atoms with Crippen LogP contribution in [-0.2, 0) is 18.8 Å². The Labute approximate surface area is 157 Å². The van der Waals surface area contributed by atoms with Gasteiger partial charge in [0.2, 0.25) is 0 Å². The van der Waals surface area contributed by atoms with Crippen molar-refractivity contribution in [1.82, 2.24) is 0 Å². The van der Waals surface area contributed by atoms with Gasteiger partial charge in [0.1, 0.15) is 5.60 Å². The van der Waals surface area contributed by atoms with Crippen molar-refractivity contribution in [3.8, 4) is 0 Å². The highest BCUT2D eigenvalue weighted by molar-refractivity contribution is 6.46. The van der Waals surface area contributed by atoms with E-state index in [2.05, 4.69) is 20.8 Å². The van der Waals surface area contributed by atoms with Gasteiger partial charge < -0.3 is 19.2 Å². The molecule has 6 heteroatoms. The van der Waals surface area contributed by atoms with E-state index in [-0.39, 0.29) is 25.2 Å². The summed E-state index contributed by atoms with van der Waals surface area (Å²) in [6.07, 6.45) is 5.62. The van der Waals surface area contributed by atoms with Gasteiger partial charge in [-0.25, -0.2) is 0 Å². The quantitative estimate of drug-likeness (QED) is 0.460. The number of rotatable bonds is 5. The predicted octanol–water partition coefficient (Wildman–Crippen LogP) is 3.36. The Balaban J connectivity index is 1.47. The minimum atomic E-state index is -0.851. The summed E-state index contributed by atoms with van der Waals surface area (Å²) < 4.78 is 17.7. The van der Waals surface area contributed by atoms with Gasteiger partial charge in [0.15, 0.2) is 0 Å². The normalized spacial score (nSPS) is 36.6. The molecule has 1 aliphatic heterocycles. The second-order valence-corrected chi connectivity index (χ2v) is 10.0. The summed E-state index contributed by atoms with van der Waals surface area (Å²) in [6, 6.07) is 0. The zero-order chi connectivity index (χ0) is 19.3. The Kier molecular flexibility index (Phi) is 5.09. The number of carbonyl (C=O) groups is 1. The lowest BCUT2D eigenvalue weighted by atomic mass is 9.45. The molecule has 4 rings (SSSR count). The van der Waals surface area contributed by atoms with E-state index in [0.29, 0.717) is 17.7 Å². The summed E-state index contributed by atoms with van der Waals surface area (Å²) in [4.78, 5) is 11.7. The smallest absolute Gasteiger partial charge is 0.460 e. The van der Waals surface area contributed by atoms with Gasteiger partial charge in [-0.15, -0.1) is 0 Å². The van der Waals surface area contributed by atoms with Crippen LogP contribution in [0.25, 0.3) is 0 Å². The maximum atomic E-state index is 11.7. The molecule has 3 aliphatic carbocycles. The SMILES string of the molecule is CC(C)(C)OC(=O)CC(O)/C=C\CB1O[C@@H]2[C@@H]3C[C@H](C[C@]2(C)O1)C3(C)C. The van der Waals surface area contributed by atoms with Crippen molar-refractivity contribution < 1.29 is 23.9 Å². The third-order valence-electron chi connectivity index (χ3n) is 6.35. The summed E-state index contributed by atoms with van der Waals surface area (Å²) in [6.45, 7) is 12.3. The molecule has 5 atom stereocenters. The first-order chi connectivity index (χ1) is 11.9. The molecule has 1 saturated heterocycles. The second kappa shape index (κ2) is 6.64. The Morgan fingerprint density at radius 3 is 2.69 bits per heavy atom. The molecule has 0 spiro atoms. The van der Waals surface area contributed by atoms with Crippen LogP contribution in [0, 0.1) is 17.3 Å². The molecule has 4 fully saturated rings. The first-order valence-corrected chi connectivity index (χ1v) is 9.80. The van der Waals surface area contributed by atoms with Gasteiger partial charge in [-0.3, -0.25) is 4.79 Å². The van der Waals surface area contributed by atoms with Crippen LogP contribution in [0.4, 0.5) is 0 Å². The zero-order valence-electron chi connectivity index (χ0n) is 17.0. The van der Waals surface area contributed by atoms with Crippen molar-refractivity contribution in [1.29, 1.82) is 0 Å². The summed E-state index contributed by atoms with van der Waals surface area (Å²) >= 11 is 0. The average Bonchev–Trinajstić information content (AvgIpc) is 2.80. The summed E-state index contributed by atoms with van der Waals surface area (Å²) in [5.41, 5.74) is -0.370. The first kappa shape index (κ1) is 19.9. The minimum absolute atomic E-state index is 0.0432. The average molecular weight is 364 g/mol. The van der Waals surface area contributed by atoms with Gasteiger partial charge in [-0.1, -0.05) is 26.0 Å².